The van der Waals surface area contributed by atoms with E-state index in [1.165, 1.54) is 23.3 Å². The number of hydrogen-bond acceptors (Lipinski definition) is 10. The third-order valence-electron chi connectivity index (χ3n) is 4.98. The van der Waals surface area contributed by atoms with Crippen LogP contribution in [0.25, 0.3) is 0 Å². The van der Waals surface area contributed by atoms with Crippen LogP contribution in [0.5, 0.6) is 0 Å². The Labute approximate surface area is 226 Å². The molecule has 15 heteroatoms. The Balaban J connectivity index is 0.000000176. The van der Waals surface area contributed by atoms with Crippen LogP contribution >= 0.6 is 0 Å². The molecule has 3 heterocycles. The van der Waals surface area contributed by atoms with Crippen molar-refractivity contribution in [2.24, 2.45) is 0 Å². The minimum atomic E-state index is -0.510. The molecule has 0 aliphatic rings. The molecule has 0 bridgehead atoms. The Bertz CT molecular complexity index is 1660. The molecule has 3 N–H and O–H groups in total. The van der Waals surface area contributed by atoms with Crippen LogP contribution in [0, 0.1) is 42.9 Å². The molecule has 0 unspecified atom stereocenters. The van der Waals surface area contributed by atoms with Crippen molar-refractivity contribution in [3.8, 4) is 12.1 Å². The van der Waals surface area contributed by atoms with Gasteiger partial charge < -0.3 is 5.73 Å². The first-order valence-corrected chi connectivity index (χ1v) is 11.3. The SMILES string of the molecule is N#Cc1cccc(Cn2cc(N)cn2)c1.N#Cc1cccc(Cn2cc([N+](=O)[O-])cn2)c1.O=[N+]([O-])c1cn[nH]c1. The normalized spacial score (nSPS) is 9.65. The topological polar surface area (TPSA) is 224 Å². The summed E-state index contributed by atoms with van der Waals surface area (Å²) in [5.74, 6) is 0. The van der Waals surface area contributed by atoms with Crippen LogP contribution in [0.3, 0.4) is 0 Å². The highest BCUT2D eigenvalue weighted by atomic mass is 16.6. The summed E-state index contributed by atoms with van der Waals surface area (Å²) in [6, 6.07) is 18.6. The molecular weight excluding hydrogens is 518 g/mol. The molecular formula is C25H21N11O4. The van der Waals surface area contributed by atoms with Crippen molar-refractivity contribution in [3.63, 3.8) is 0 Å². The number of nitro groups is 2. The molecule has 0 spiro atoms. The second-order valence-corrected chi connectivity index (χ2v) is 7.96. The van der Waals surface area contributed by atoms with E-state index in [0.717, 1.165) is 17.3 Å². The van der Waals surface area contributed by atoms with Crippen molar-refractivity contribution in [1.82, 2.24) is 29.8 Å². The van der Waals surface area contributed by atoms with E-state index in [9.17, 15) is 20.2 Å². The summed E-state index contributed by atoms with van der Waals surface area (Å²) in [4.78, 5) is 19.3. The van der Waals surface area contributed by atoms with E-state index in [4.69, 9.17) is 16.3 Å². The number of nitrogens with two attached hydrogens (primary N) is 1. The Morgan fingerprint density at radius 1 is 0.825 bits per heavy atom. The van der Waals surface area contributed by atoms with E-state index in [1.807, 2.05) is 30.3 Å². The van der Waals surface area contributed by atoms with E-state index >= 15 is 0 Å². The second kappa shape index (κ2) is 13.8. The molecule has 0 aliphatic carbocycles. The maximum Gasteiger partial charge on any atom is 0.307 e. The molecule has 0 fully saturated rings. The fraction of sp³-hybridized carbons (Fsp3) is 0.0800. The summed E-state index contributed by atoms with van der Waals surface area (Å²) in [5, 5.41) is 51.4. The fourth-order valence-corrected chi connectivity index (χ4v) is 3.20. The van der Waals surface area contributed by atoms with Gasteiger partial charge in [0.1, 0.15) is 18.6 Å². The Morgan fingerprint density at radius 2 is 1.38 bits per heavy atom. The summed E-state index contributed by atoms with van der Waals surface area (Å²) >= 11 is 0. The van der Waals surface area contributed by atoms with Crippen LogP contribution in [-0.4, -0.2) is 39.6 Å². The summed E-state index contributed by atoms with van der Waals surface area (Å²) in [5.41, 5.74) is 9.28. The van der Waals surface area contributed by atoms with Crippen LogP contribution < -0.4 is 5.73 Å². The quantitative estimate of drug-likeness (QED) is 0.236. The van der Waals surface area contributed by atoms with Gasteiger partial charge in [-0.2, -0.15) is 25.8 Å². The fourth-order valence-electron chi connectivity index (χ4n) is 3.20. The predicted octanol–water partition coefficient (Wildman–Crippen LogP) is 3.41. The standard InChI is InChI=1S/C11H8N4O2.C11H10N4.C3H3N3O2/c12-5-9-2-1-3-10(4-9)7-14-8-11(6-13-14)15(16)17;12-5-9-2-1-3-10(4-9)7-15-8-11(13)6-14-15;7-6(8)3-1-4-5-2-3/h1-4,6,8H,7H2;1-4,6,8H,7,13H2;1-2H,(H,4,5). The lowest BCUT2D eigenvalue weighted by atomic mass is 10.1. The average molecular weight is 540 g/mol. The molecule has 2 aromatic carbocycles. The van der Waals surface area contributed by atoms with Crippen molar-refractivity contribution in [2.45, 2.75) is 13.1 Å². The first-order valence-electron chi connectivity index (χ1n) is 11.3. The zero-order valence-electron chi connectivity index (χ0n) is 20.7. The molecule has 0 saturated heterocycles. The number of nitrogens with one attached hydrogen (secondary N) is 1. The van der Waals surface area contributed by atoms with Crippen molar-refractivity contribution in [1.29, 1.82) is 10.5 Å². The molecule has 0 radical (unpaired) electrons. The van der Waals surface area contributed by atoms with Gasteiger partial charge >= 0.3 is 11.4 Å². The zero-order chi connectivity index (χ0) is 28.9. The molecule has 0 aliphatic heterocycles. The first-order chi connectivity index (χ1) is 19.3. The number of rotatable bonds is 6. The summed E-state index contributed by atoms with van der Waals surface area (Å²) in [6.45, 7) is 1.04. The highest BCUT2D eigenvalue weighted by Gasteiger charge is 2.09. The van der Waals surface area contributed by atoms with Gasteiger partial charge in [-0.25, -0.2) is 0 Å². The number of aromatic amines is 1. The molecule has 200 valence electrons. The summed E-state index contributed by atoms with van der Waals surface area (Å²) in [7, 11) is 0. The number of nitrogen functional groups attached to an aromatic ring is 1. The third-order valence-corrected chi connectivity index (χ3v) is 4.98. The van der Waals surface area contributed by atoms with E-state index < -0.39 is 9.85 Å². The Hall–Kier alpha value is -6.35. The third kappa shape index (κ3) is 8.64. The maximum atomic E-state index is 10.5. The molecule has 0 amide bonds. The van der Waals surface area contributed by atoms with E-state index in [1.54, 1.807) is 41.3 Å². The van der Waals surface area contributed by atoms with Gasteiger partial charge in [0.05, 0.1) is 64.3 Å². The smallest absolute Gasteiger partial charge is 0.307 e. The van der Waals surface area contributed by atoms with Gasteiger partial charge in [0.25, 0.3) is 0 Å². The second-order valence-electron chi connectivity index (χ2n) is 7.96. The van der Waals surface area contributed by atoms with Crippen LogP contribution in [0.15, 0.2) is 85.7 Å². The van der Waals surface area contributed by atoms with E-state index in [-0.39, 0.29) is 11.4 Å². The monoisotopic (exact) mass is 539 g/mol. The summed E-state index contributed by atoms with van der Waals surface area (Å²) < 4.78 is 3.21. The van der Waals surface area contributed by atoms with E-state index in [2.05, 4.69) is 26.5 Å². The van der Waals surface area contributed by atoms with Gasteiger partial charge in [0.2, 0.25) is 0 Å². The molecule has 3 aromatic heterocycles. The molecule has 40 heavy (non-hydrogen) atoms. The van der Waals surface area contributed by atoms with Gasteiger partial charge in [-0.05, 0) is 35.4 Å². The molecule has 0 atom stereocenters. The predicted molar refractivity (Wildman–Crippen MR) is 141 cm³/mol. The lowest BCUT2D eigenvalue weighted by molar-refractivity contribution is -0.385. The van der Waals surface area contributed by atoms with E-state index in [0.29, 0.717) is 29.9 Å². The highest BCUT2D eigenvalue weighted by molar-refractivity contribution is 5.35. The lowest BCUT2D eigenvalue weighted by Gasteiger charge is -2.01. The molecule has 15 nitrogen and oxygen atoms in total. The highest BCUT2D eigenvalue weighted by Crippen LogP contribution is 2.11. The van der Waals surface area contributed by atoms with Crippen molar-refractivity contribution in [3.05, 3.63) is 128 Å². The van der Waals surface area contributed by atoms with Crippen LogP contribution in [-0.2, 0) is 13.1 Å². The molecule has 5 aromatic rings. The number of H-pyrrole nitrogens is 1. The van der Waals surface area contributed by atoms with Gasteiger partial charge in [0, 0.05) is 6.20 Å². The lowest BCUT2D eigenvalue weighted by Crippen LogP contribution is -2.00. The zero-order valence-corrected chi connectivity index (χ0v) is 20.7. The minimum Gasteiger partial charge on any atom is -0.396 e. The minimum absolute atomic E-state index is 0.00926. The first kappa shape index (κ1) is 28.2. The number of anilines is 1. The average Bonchev–Trinajstić information content (AvgIpc) is 3.73. The van der Waals surface area contributed by atoms with Gasteiger partial charge in [-0.1, -0.05) is 24.3 Å². The number of benzene rings is 2. The number of hydrogen-bond donors (Lipinski definition) is 2. The van der Waals surface area contributed by atoms with Gasteiger partial charge in [-0.3, -0.25) is 34.7 Å². The van der Waals surface area contributed by atoms with Crippen molar-refractivity contribution < 1.29 is 9.85 Å². The van der Waals surface area contributed by atoms with Crippen molar-refractivity contribution in [2.75, 3.05) is 5.73 Å². The van der Waals surface area contributed by atoms with Crippen LogP contribution in [0.2, 0.25) is 0 Å². The summed E-state index contributed by atoms with van der Waals surface area (Å²) in [6.07, 6.45) is 8.31. The Kier molecular flexibility index (Phi) is 9.75. The number of nitriles is 2. The van der Waals surface area contributed by atoms with Crippen LogP contribution in [0.1, 0.15) is 22.3 Å². The van der Waals surface area contributed by atoms with Crippen molar-refractivity contribution >= 4 is 17.1 Å². The number of nitrogens with zero attached hydrogens (tertiary/aromatic N) is 9. The maximum absolute atomic E-state index is 10.5. The number of aromatic nitrogens is 6. The largest absolute Gasteiger partial charge is 0.396 e. The van der Waals surface area contributed by atoms with Gasteiger partial charge in [0.15, 0.2) is 0 Å². The van der Waals surface area contributed by atoms with Crippen LogP contribution in [0.4, 0.5) is 17.1 Å². The molecule has 0 saturated carbocycles. The van der Waals surface area contributed by atoms with Gasteiger partial charge in [-0.15, -0.1) is 0 Å². The Morgan fingerprint density at radius 3 is 1.77 bits per heavy atom. The molecule has 5 rings (SSSR count).